The van der Waals surface area contributed by atoms with Crippen molar-refractivity contribution in [2.24, 2.45) is 22.4 Å². The number of carboxylic acid groups (broad SMARTS) is 1. The van der Waals surface area contributed by atoms with E-state index < -0.39 is 17.3 Å². The zero-order valence-corrected chi connectivity index (χ0v) is 9.59. The summed E-state index contributed by atoms with van der Waals surface area (Å²) >= 11 is 5.35. The largest absolute Gasteiger partial charge is 0.481 e. The number of nitrogens with zero attached hydrogens (tertiary/aromatic N) is 1. The first-order valence-electron chi connectivity index (χ1n) is 4.06. The molecule has 0 spiro atoms. The Balaban J connectivity index is 4.60. The molecule has 14 heavy (non-hydrogen) atoms. The second-order valence-electron chi connectivity index (χ2n) is 2.53. The van der Waals surface area contributed by atoms with E-state index in [1.165, 1.54) is 11.8 Å². The van der Waals surface area contributed by atoms with E-state index >= 15 is 0 Å². The Morgan fingerprint density at radius 1 is 1.64 bits per heavy atom. The van der Waals surface area contributed by atoms with Crippen LogP contribution in [0.5, 0.6) is 0 Å². The van der Waals surface area contributed by atoms with Crippen LogP contribution >= 0.6 is 24.4 Å². The molecule has 0 amide bonds. The summed E-state index contributed by atoms with van der Waals surface area (Å²) in [5.41, 5.74) is 10.4. The fraction of sp³-hybridized carbons (Fsp3) is 0.714. The first-order chi connectivity index (χ1) is 6.52. The van der Waals surface area contributed by atoms with Crippen LogP contribution in [0.15, 0.2) is 4.99 Å². The minimum Gasteiger partial charge on any atom is -0.481 e. The van der Waals surface area contributed by atoms with Gasteiger partial charge in [-0.25, -0.2) is 4.99 Å². The van der Waals surface area contributed by atoms with Crippen LogP contribution in [0.2, 0.25) is 0 Å². The highest BCUT2D eigenvalue weighted by atomic mass is 32.2. The molecule has 82 valence electrons. The minimum atomic E-state index is -0.934. The third kappa shape index (κ3) is 4.61. The van der Waals surface area contributed by atoms with Crippen molar-refractivity contribution in [1.29, 1.82) is 0 Å². The van der Waals surface area contributed by atoms with E-state index in [1.54, 1.807) is 0 Å². The maximum absolute atomic E-state index is 10.8. The van der Waals surface area contributed by atoms with Crippen molar-refractivity contribution in [3.05, 3.63) is 0 Å². The van der Waals surface area contributed by atoms with Crippen molar-refractivity contribution in [1.82, 2.24) is 0 Å². The van der Waals surface area contributed by atoms with Gasteiger partial charge in [0.05, 0.1) is 5.92 Å². The Morgan fingerprint density at radius 2 is 2.21 bits per heavy atom. The molecule has 0 aromatic heterocycles. The summed E-state index contributed by atoms with van der Waals surface area (Å²) in [7, 11) is 0. The van der Waals surface area contributed by atoms with E-state index in [9.17, 15) is 4.79 Å². The zero-order valence-electron chi connectivity index (χ0n) is 7.88. The van der Waals surface area contributed by atoms with E-state index in [1.807, 2.05) is 6.92 Å². The fourth-order valence-corrected chi connectivity index (χ4v) is 2.33. The zero-order chi connectivity index (χ0) is 11.1. The summed E-state index contributed by atoms with van der Waals surface area (Å²) in [6.07, 6.45) is 0. The SMILES string of the molecule is CCSC(N=C(N)N)C(CS)C(=O)O. The van der Waals surface area contributed by atoms with Crippen molar-refractivity contribution < 1.29 is 9.90 Å². The highest BCUT2D eigenvalue weighted by Crippen LogP contribution is 2.22. The van der Waals surface area contributed by atoms with Gasteiger partial charge in [-0.15, -0.1) is 11.8 Å². The smallest absolute Gasteiger partial charge is 0.310 e. The second kappa shape index (κ2) is 6.83. The highest BCUT2D eigenvalue weighted by molar-refractivity contribution is 7.99. The van der Waals surface area contributed by atoms with E-state index in [4.69, 9.17) is 16.6 Å². The molecule has 0 aliphatic rings. The molecule has 2 unspecified atom stereocenters. The van der Waals surface area contributed by atoms with E-state index in [2.05, 4.69) is 17.6 Å². The molecular weight excluding hydrogens is 222 g/mol. The maximum atomic E-state index is 10.8. The molecule has 5 N–H and O–H groups in total. The van der Waals surface area contributed by atoms with Crippen LogP contribution in [-0.4, -0.2) is 33.9 Å². The lowest BCUT2D eigenvalue weighted by molar-refractivity contribution is -0.140. The van der Waals surface area contributed by atoms with Crippen LogP contribution in [0.4, 0.5) is 0 Å². The Hall–Kier alpha value is -0.560. The molecule has 0 saturated heterocycles. The lowest BCUT2D eigenvalue weighted by Gasteiger charge is -2.17. The fourth-order valence-electron chi connectivity index (χ4n) is 0.851. The van der Waals surface area contributed by atoms with Gasteiger partial charge in [-0.1, -0.05) is 6.92 Å². The van der Waals surface area contributed by atoms with Crippen molar-refractivity contribution in [2.75, 3.05) is 11.5 Å². The van der Waals surface area contributed by atoms with E-state index in [0.29, 0.717) is 0 Å². The molecule has 5 nitrogen and oxygen atoms in total. The minimum absolute atomic E-state index is 0.0935. The summed E-state index contributed by atoms with van der Waals surface area (Å²) in [4.78, 5) is 14.7. The number of aliphatic carboxylic acids is 1. The van der Waals surface area contributed by atoms with Crippen molar-refractivity contribution in [3.63, 3.8) is 0 Å². The third-order valence-corrected chi connectivity index (χ3v) is 2.97. The van der Waals surface area contributed by atoms with Crippen LogP contribution in [-0.2, 0) is 4.79 Å². The highest BCUT2D eigenvalue weighted by Gasteiger charge is 2.26. The standard InChI is InChI=1S/C7H15N3O2S2/c1-2-14-5(10-7(8)9)4(3-13)6(11)12/h4-5,13H,2-3H2,1H3,(H,11,12)(H4,8,9,10). The summed E-state index contributed by atoms with van der Waals surface area (Å²) in [6.45, 7) is 1.91. The van der Waals surface area contributed by atoms with Gasteiger partial charge in [0.1, 0.15) is 5.37 Å². The quantitative estimate of drug-likeness (QED) is 0.295. The average Bonchev–Trinajstić information content (AvgIpc) is 2.03. The Bertz CT molecular complexity index is 219. The maximum Gasteiger partial charge on any atom is 0.310 e. The Kier molecular flexibility index (Phi) is 6.56. The van der Waals surface area contributed by atoms with Crippen molar-refractivity contribution in [2.45, 2.75) is 12.3 Å². The Morgan fingerprint density at radius 3 is 2.50 bits per heavy atom. The molecular formula is C7H15N3O2S2. The number of carboxylic acids is 1. The molecule has 0 bridgehead atoms. The van der Waals surface area contributed by atoms with Crippen molar-refractivity contribution >= 4 is 36.3 Å². The number of guanidine groups is 1. The first-order valence-corrected chi connectivity index (χ1v) is 5.75. The van der Waals surface area contributed by atoms with Crippen LogP contribution in [0.25, 0.3) is 0 Å². The topological polar surface area (TPSA) is 102 Å². The molecule has 0 aliphatic carbocycles. The van der Waals surface area contributed by atoms with Gasteiger partial charge in [0, 0.05) is 5.75 Å². The molecule has 0 aromatic carbocycles. The number of nitrogens with two attached hydrogens (primary N) is 2. The van der Waals surface area contributed by atoms with Crippen LogP contribution in [0, 0.1) is 5.92 Å². The van der Waals surface area contributed by atoms with E-state index in [0.717, 1.165) is 5.75 Å². The predicted molar refractivity (Wildman–Crippen MR) is 62.7 cm³/mol. The van der Waals surface area contributed by atoms with E-state index in [-0.39, 0.29) is 11.7 Å². The number of carbonyl (C=O) groups is 1. The molecule has 0 fully saturated rings. The van der Waals surface area contributed by atoms with Gasteiger partial charge in [-0.3, -0.25) is 4.79 Å². The lowest BCUT2D eigenvalue weighted by atomic mass is 10.2. The number of thioether (sulfide) groups is 1. The molecule has 0 aliphatic heterocycles. The van der Waals surface area contributed by atoms with Gasteiger partial charge in [-0.05, 0) is 5.75 Å². The predicted octanol–water partition coefficient (Wildman–Crippen LogP) is -0.0304. The van der Waals surface area contributed by atoms with Gasteiger partial charge in [0.25, 0.3) is 0 Å². The average molecular weight is 237 g/mol. The van der Waals surface area contributed by atoms with Crippen LogP contribution in [0.1, 0.15) is 6.92 Å². The summed E-state index contributed by atoms with van der Waals surface area (Å²) < 4.78 is 0. The van der Waals surface area contributed by atoms with Gasteiger partial charge in [-0.2, -0.15) is 12.6 Å². The molecule has 7 heteroatoms. The molecule has 0 rings (SSSR count). The summed E-state index contributed by atoms with van der Waals surface area (Å²) in [5.74, 6) is -0.728. The molecule has 2 atom stereocenters. The number of hydrogen-bond donors (Lipinski definition) is 4. The van der Waals surface area contributed by atoms with Crippen LogP contribution in [0.3, 0.4) is 0 Å². The number of aliphatic imine (C=N–C) groups is 1. The number of hydrogen-bond acceptors (Lipinski definition) is 4. The first kappa shape index (κ1) is 13.4. The normalized spacial score (nSPS) is 14.4. The second-order valence-corrected chi connectivity index (χ2v) is 4.29. The van der Waals surface area contributed by atoms with Gasteiger partial charge in [0.2, 0.25) is 0 Å². The van der Waals surface area contributed by atoms with Crippen LogP contribution < -0.4 is 11.5 Å². The number of rotatable bonds is 6. The van der Waals surface area contributed by atoms with Gasteiger partial charge in [0.15, 0.2) is 5.96 Å². The Labute approximate surface area is 92.7 Å². The lowest BCUT2D eigenvalue weighted by Crippen LogP contribution is -2.31. The van der Waals surface area contributed by atoms with Crippen molar-refractivity contribution in [3.8, 4) is 0 Å². The summed E-state index contributed by atoms with van der Waals surface area (Å²) in [6, 6.07) is 0. The molecule has 0 heterocycles. The van der Waals surface area contributed by atoms with Gasteiger partial charge < -0.3 is 16.6 Å². The van der Waals surface area contributed by atoms with Gasteiger partial charge >= 0.3 is 5.97 Å². The third-order valence-electron chi connectivity index (χ3n) is 1.47. The molecule has 0 aromatic rings. The monoisotopic (exact) mass is 237 g/mol. The molecule has 0 radical (unpaired) electrons. The number of thiol groups is 1. The summed E-state index contributed by atoms with van der Waals surface area (Å²) in [5, 5.41) is 8.41. The molecule has 0 saturated carbocycles.